The largest absolute Gasteiger partial charge is 0.494 e. The Morgan fingerprint density at radius 1 is 1.17 bits per heavy atom. The molecule has 0 unspecified atom stereocenters. The molecule has 0 atom stereocenters. The summed E-state index contributed by atoms with van der Waals surface area (Å²) < 4.78 is 9.93. The zero-order chi connectivity index (χ0) is 13.0. The number of benzene rings is 1. The van der Waals surface area contributed by atoms with Crippen LogP contribution in [-0.2, 0) is 14.3 Å². The molecule has 1 heterocycles. The van der Waals surface area contributed by atoms with Crippen molar-refractivity contribution in [1.82, 2.24) is 0 Å². The Labute approximate surface area is 105 Å². The van der Waals surface area contributed by atoms with Gasteiger partial charge in [0.25, 0.3) is 0 Å². The van der Waals surface area contributed by atoms with Crippen molar-refractivity contribution in [1.29, 1.82) is 0 Å². The molecule has 1 saturated heterocycles. The zero-order valence-electron chi connectivity index (χ0n) is 10.2. The van der Waals surface area contributed by atoms with Gasteiger partial charge in [0.2, 0.25) is 0 Å². The Kier molecular flexibility index (Phi) is 3.82. The molecule has 1 aromatic rings. The minimum absolute atomic E-state index is 0.0981. The molecule has 1 fully saturated rings. The standard InChI is InChI=1S/C13H15NO4/c1-2-7-17-11-5-3-10(4-6-11)14-8-12(15)18-13(16)9-14/h3-6H,2,7-9H2,1H3. The van der Waals surface area contributed by atoms with Gasteiger partial charge in [-0.3, -0.25) is 0 Å². The van der Waals surface area contributed by atoms with E-state index in [1.54, 1.807) is 4.90 Å². The number of esters is 2. The third-order valence-corrected chi connectivity index (χ3v) is 2.54. The van der Waals surface area contributed by atoms with Gasteiger partial charge >= 0.3 is 11.9 Å². The lowest BCUT2D eigenvalue weighted by atomic mass is 10.2. The van der Waals surface area contributed by atoms with E-state index in [0.29, 0.717) is 6.61 Å². The third-order valence-electron chi connectivity index (χ3n) is 2.54. The first kappa shape index (κ1) is 12.4. The number of ether oxygens (including phenoxy) is 2. The van der Waals surface area contributed by atoms with Crippen LogP contribution in [0.3, 0.4) is 0 Å². The summed E-state index contributed by atoms with van der Waals surface area (Å²) in [7, 11) is 0. The molecule has 1 aromatic carbocycles. The fraction of sp³-hybridized carbons (Fsp3) is 0.385. The second-order valence-corrected chi connectivity index (χ2v) is 4.04. The maximum Gasteiger partial charge on any atom is 0.333 e. The lowest BCUT2D eigenvalue weighted by Crippen LogP contribution is -2.42. The third kappa shape index (κ3) is 3.00. The monoisotopic (exact) mass is 249 g/mol. The molecule has 0 saturated carbocycles. The summed E-state index contributed by atoms with van der Waals surface area (Å²) in [5.41, 5.74) is 0.809. The van der Waals surface area contributed by atoms with Gasteiger partial charge in [-0.05, 0) is 30.7 Å². The molecule has 1 aliphatic rings. The van der Waals surface area contributed by atoms with E-state index in [0.717, 1.165) is 17.9 Å². The van der Waals surface area contributed by atoms with E-state index < -0.39 is 11.9 Å². The van der Waals surface area contributed by atoms with Crippen LogP contribution in [0.1, 0.15) is 13.3 Å². The second kappa shape index (κ2) is 5.53. The van der Waals surface area contributed by atoms with Crippen LogP contribution in [0, 0.1) is 0 Å². The maximum atomic E-state index is 11.2. The van der Waals surface area contributed by atoms with Gasteiger partial charge in [0.1, 0.15) is 18.8 Å². The summed E-state index contributed by atoms with van der Waals surface area (Å²) in [5.74, 6) is -0.248. The number of carbonyl (C=O) groups is 2. The molecule has 96 valence electrons. The molecule has 0 radical (unpaired) electrons. The van der Waals surface area contributed by atoms with E-state index >= 15 is 0 Å². The molecule has 2 rings (SSSR count). The summed E-state index contributed by atoms with van der Waals surface area (Å²) in [6, 6.07) is 7.32. The van der Waals surface area contributed by atoms with Crippen LogP contribution < -0.4 is 9.64 Å². The first-order valence-corrected chi connectivity index (χ1v) is 5.90. The first-order valence-electron chi connectivity index (χ1n) is 5.90. The van der Waals surface area contributed by atoms with E-state index in [4.69, 9.17) is 4.74 Å². The predicted molar refractivity (Wildman–Crippen MR) is 65.5 cm³/mol. The van der Waals surface area contributed by atoms with Crippen molar-refractivity contribution in [3.63, 3.8) is 0 Å². The van der Waals surface area contributed by atoms with Crippen LogP contribution in [0.5, 0.6) is 5.75 Å². The van der Waals surface area contributed by atoms with Gasteiger partial charge in [-0.1, -0.05) is 6.92 Å². The van der Waals surface area contributed by atoms with Gasteiger partial charge in [0, 0.05) is 5.69 Å². The number of nitrogens with zero attached hydrogens (tertiary/aromatic N) is 1. The molecule has 18 heavy (non-hydrogen) atoms. The summed E-state index contributed by atoms with van der Waals surface area (Å²) in [6.07, 6.45) is 0.953. The highest BCUT2D eigenvalue weighted by atomic mass is 16.6. The zero-order valence-corrected chi connectivity index (χ0v) is 10.2. The molecule has 0 amide bonds. The molecule has 0 aromatic heterocycles. The Hall–Kier alpha value is -2.04. The van der Waals surface area contributed by atoms with Crippen molar-refractivity contribution in [3.05, 3.63) is 24.3 Å². The molecule has 5 heteroatoms. The van der Waals surface area contributed by atoms with Crippen molar-refractivity contribution in [3.8, 4) is 5.75 Å². The van der Waals surface area contributed by atoms with E-state index in [-0.39, 0.29) is 13.1 Å². The lowest BCUT2D eigenvalue weighted by molar-refractivity contribution is -0.160. The Morgan fingerprint density at radius 3 is 2.33 bits per heavy atom. The number of rotatable bonds is 4. The van der Waals surface area contributed by atoms with Crippen LogP contribution in [-0.4, -0.2) is 31.6 Å². The summed E-state index contributed by atoms with van der Waals surface area (Å²) >= 11 is 0. The van der Waals surface area contributed by atoms with E-state index in [1.165, 1.54) is 0 Å². The highest BCUT2D eigenvalue weighted by Gasteiger charge is 2.24. The van der Waals surface area contributed by atoms with Crippen molar-refractivity contribution in [2.75, 3.05) is 24.6 Å². The summed E-state index contributed by atoms with van der Waals surface area (Å²) in [6.45, 7) is 2.91. The lowest BCUT2D eigenvalue weighted by Gasteiger charge is -2.26. The molecule has 0 aliphatic carbocycles. The van der Waals surface area contributed by atoms with Crippen LogP contribution in [0.2, 0.25) is 0 Å². The van der Waals surface area contributed by atoms with Crippen LogP contribution in [0.15, 0.2) is 24.3 Å². The number of morpholine rings is 1. The van der Waals surface area contributed by atoms with Crippen molar-refractivity contribution in [2.24, 2.45) is 0 Å². The minimum atomic E-state index is -0.516. The average molecular weight is 249 g/mol. The predicted octanol–water partition coefficient (Wildman–Crippen LogP) is 1.37. The van der Waals surface area contributed by atoms with Crippen LogP contribution in [0.4, 0.5) is 5.69 Å². The van der Waals surface area contributed by atoms with Gasteiger partial charge in [-0.2, -0.15) is 0 Å². The van der Waals surface area contributed by atoms with E-state index in [2.05, 4.69) is 4.74 Å². The summed E-state index contributed by atoms with van der Waals surface area (Å²) in [5, 5.41) is 0. The Morgan fingerprint density at radius 2 is 1.78 bits per heavy atom. The minimum Gasteiger partial charge on any atom is -0.494 e. The molecule has 0 N–H and O–H groups in total. The second-order valence-electron chi connectivity index (χ2n) is 4.04. The molecule has 0 bridgehead atoms. The van der Waals surface area contributed by atoms with E-state index in [9.17, 15) is 9.59 Å². The topological polar surface area (TPSA) is 55.8 Å². The van der Waals surface area contributed by atoms with Crippen LogP contribution in [0.25, 0.3) is 0 Å². The van der Waals surface area contributed by atoms with Crippen molar-refractivity contribution >= 4 is 17.6 Å². The number of cyclic esters (lactones) is 2. The molecular weight excluding hydrogens is 234 g/mol. The Balaban J connectivity index is 2.04. The van der Waals surface area contributed by atoms with Crippen LogP contribution >= 0.6 is 0 Å². The van der Waals surface area contributed by atoms with Gasteiger partial charge in [0.15, 0.2) is 0 Å². The normalized spacial score (nSPS) is 15.5. The molecule has 0 spiro atoms. The molecule has 1 aliphatic heterocycles. The SMILES string of the molecule is CCCOc1ccc(N2CC(=O)OC(=O)C2)cc1. The highest BCUT2D eigenvalue weighted by molar-refractivity contribution is 5.94. The fourth-order valence-electron chi connectivity index (χ4n) is 1.71. The highest BCUT2D eigenvalue weighted by Crippen LogP contribution is 2.20. The number of hydrogen-bond acceptors (Lipinski definition) is 5. The fourth-order valence-corrected chi connectivity index (χ4v) is 1.71. The van der Waals surface area contributed by atoms with Crippen molar-refractivity contribution < 1.29 is 19.1 Å². The van der Waals surface area contributed by atoms with Gasteiger partial charge in [-0.25, -0.2) is 9.59 Å². The van der Waals surface area contributed by atoms with Gasteiger partial charge < -0.3 is 14.4 Å². The smallest absolute Gasteiger partial charge is 0.333 e. The number of carbonyl (C=O) groups excluding carboxylic acids is 2. The number of hydrogen-bond donors (Lipinski definition) is 0. The first-order chi connectivity index (χ1) is 8.69. The van der Waals surface area contributed by atoms with Gasteiger partial charge in [-0.15, -0.1) is 0 Å². The summed E-state index contributed by atoms with van der Waals surface area (Å²) in [4.78, 5) is 24.0. The molecule has 5 nitrogen and oxygen atoms in total. The quantitative estimate of drug-likeness (QED) is 0.595. The Bertz CT molecular complexity index is 425. The maximum absolute atomic E-state index is 11.2. The van der Waals surface area contributed by atoms with Gasteiger partial charge in [0.05, 0.1) is 6.61 Å². The average Bonchev–Trinajstić information content (AvgIpc) is 2.36. The van der Waals surface area contributed by atoms with Crippen molar-refractivity contribution in [2.45, 2.75) is 13.3 Å². The number of anilines is 1. The van der Waals surface area contributed by atoms with E-state index in [1.807, 2.05) is 31.2 Å². The molecular formula is C13H15NO4.